The molecule has 0 radical (unpaired) electrons. The topological polar surface area (TPSA) is 35.2 Å². The van der Waals surface area contributed by atoms with Gasteiger partial charge in [-0.1, -0.05) is 35.9 Å². The molecule has 20 heavy (non-hydrogen) atoms. The largest absolute Gasteiger partial charge is 0.487 e. The highest BCUT2D eigenvalue weighted by Gasteiger charge is 2.06. The maximum Gasteiger partial charge on any atom is 0.138 e. The second kappa shape index (κ2) is 6.78. The molecule has 2 nitrogen and oxygen atoms in total. The second-order valence-corrected chi connectivity index (χ2v) is 5.37. The fourth-order valence-electron chi connectivity index (χ4n) is 2.21. The van der Waals surface area contributed by atoms with Crippen molar-refractivity contribution >= 4 is 11.6 Å². The van der Waals surface area contributed by atoms with Crippen molar-refractivity contribution in [3.63, 3.8) is 0 Å². The molecule has 0 aromatic heterocycles. The first kappa shape index (κ1) is 14.9. The third kappa shape index (κ3) is 3.53. The molecule has 0 fully saturated rings. The van der Waals surface area contributed by atoms with Crippen molar-refractivity contribution in [3.8, 4) is 5.75 Å². The van der Waals surface area contributed by atoms with Gasteiger partial charge in [0.2, 0.25) is 0 Å². The minimum absolute atomic E-state index is 0.536. The number of nitrogens with two attached hydrogens (primary N) is 1. The van der Waals surface area contributed by atoms with Gasteiger partial charge >= 0.3 is 0 Å². The summed E-state index contributed by atoms with van der Waals surface area (Å²) in [6.45, 7) is 5.35. The van der Waals surface area contributed by atoms with E-state index in [0.29, 0.717) is 18.2 Å². The summed E-state index contributed by atoms with van der Waals surface area (Å²) in [5, 5.41) is 0.641. The van der Waals surface area contributed by atoms with Crippen LogP contribution in [0, 0.1) is 13.8 Å². The van der Waals surface area contributed by atoms with Crippen molar-refractivity contribution in [1.29, 1.82) is 0 Å². The summed E-state index contributed by atoms with van der Waals surface area (Å²) in [4.78, 5) is 0. The molecule has 2 rings (SSSR count). The van der Waals surface area contributed by atoms with E-state index in [-0.39, 0.29) is 0 Å². The standard InChI is InChI=1S/C17H20ClNO/c1-12-4-3-5-13(2)15(12)11-20-17-7-6-14(8-9-19)10-16(17)18/h3-7,10H,8-9,11,19H2,1-2H3. The zero-order valence-electron chi connectivity index (χ0n) is 11.9. The van der Waals surface area contributed by atoms with Gasteiger partial charge in [0.15, 0.2) is 0 Å². The van der Waals surface area contributed by atoms with Gasteiger partial charge in [0, 0.05) is 0 Å². The van der Waals surface area contributed by atoms with E-state index < -0.39 is 0 Å². The summed E-state index contributed by atoms with van der Waals surface area (Å²) in [7, 11) is 0. The fourth-order valence-corrected chi connectivity index (χ4v) is 2.47. The fraction of sp³-hybridized carbons (Fsp3) is 0.294. The van der Waals surface area contributed by atoms with E-state index in [1.165, 1.54) is 16.7 Å². The molecule has 2 N–H and O–H groups in total. The maximum atomic E-state index is 6.25. The highest BCUT2D eigenvalue weighted by Crippen LogP contribution is 2.27. The maximum absolute atomic E-state index is 6.25. The Kier molecular flexibility index (Phi) is 5.05. The van der Waals surface area contributed by atoms with Crippen molar-refractivity contribution in [1.82, 2.24) is 0 Å². The van der Waals surface area contributed by atoms with Crippen LogP contribution >= 0.6 is 11.6 Å². The van der Waals surface area contributed by atoms with Crippen molar-refractivity contribution in [2.75, 3.05) is 6.54 Å². The third-order valence-corrected chi connectivity index (χ3v) is 3.74. The molecule has 0 bridgehead atoms. The van der Waals surface area contributed by atoms with Crippen molar-refractivity contribution in [2.45, 2.75) is 26.9 Å². The molecule has 0 aliphatic heterocycles. The van der Waals surface area contributed by atoms with Crippen LogP contribution in [0.5, 0.6) is 5.75 Å². The predicted molar refractivity (Wildman–Crippen MR) is 84.5 cm³/mol. The molecule has 0 heterocycles. The van der Waals surface area contributed by atoms with Crippen LogP contribution in [0.2, 0.25) is 5.02 Å². The number of rotatable bonds is 5. The Hall–Kier alpha value is -1.51. The van der Waals surface area contributed by atoms with E-state index in [4.69, 9.17) is 22.1 Å². The van der Waals surface area contributed by atoms with Crippen LogP contribution in [0.4, 0.5) is 0 Å². The van der Waals surface area contributed by atoms with Gasteiger partial charge < -0.3 is 10.5 Å². The zero-order chi connectivity index (χ0) is 14.5. The summed E-state index contributed by atoms with van der Waals surface area (Å²) in [5.74, 6) is 0.718. The molecule has 0 aliphatic carbocycles. The molecule has 106 valence electrons. The molecule has 2 aromatic carbocycles. The van der Waals surface area contributed by atoms with Crippen LogP contribution in [0.3, 0.4) is 0 Å². The Morgan fingerprint density at radius 2 is 1.80 bits per heavy atom. The first-order valence-corrected chi connectivity index (χ1v) is 7.16. The van der Waals surface area contributed by atoms with Crippen molar-refractivity contribution < 1.29 is 4.74 Å². The zero-order valence-corrected chi connectivity index (χ0v) is 12.7. The number of ether oxygens (including phenoxy) is 1. The van der Waals surface area contributed by atoms with Gasteiger partial charge in [0.05, 0.1) is 5.02 Å². The molecule has 0 saturated heterocycles. The van der Waals surface area contributed by atoms with Crippen LogP contribution < -0.4 is 10.5 Å². The second-order valence-electron chi connectivity index (χ2n) is 4.96. The van der Waals surface area contributed by atoms with Gasteiger partial charge in [-0.3, -0.25) is 0 Å². The Balaban J connectivity index is 2.11. The Morgan fingerprint density at radius 1 is 1.10 bits per heavy atom. The van der Waals surface area contributed by atoms with E-state index in [2.05, 4.69) is 32.0 Å². The molecule has 0 amide bonds. The van der Waals surface area contributed by atoms with Gasteiger partial charge in [-0.05, 0) is 61.2 Å². The van der Waals surface area contributed by atoms with Gasteiger partial charge in [0.1, 0.15) is 12.4 Å². The molecule has 0 saturated carbocycles. The van der Waals surface area contributed by atoms with E-state index in [1.54, 1.807) is 0 Å². The lowest BCUT2D eigenvalue weighted by Gasteiger charge is -2.13. The van der Waals surface area contributed by atoms with E-state index in [9.17, 15) is 0 Å². The SMILES string of the molecule is Cc1cccc(C)c1COc1ccc(CCN)cc1Cl. The Labute approximate surface area is 125 Å². The van der Waals surface area contributed by atoms with Crippen LogP contribution in [-0.4, -0.2) is 6.54 Å². The van der Waals surface area contributed by atoms with Gasteiger partial charge in [-0.25, -0.2) is 0 Å². The minimum Gasteiger partial charge on any atom is -0.487 e. The number of benzene rings is 2. The van der Waals surface area contributed by atoms with Gasteiger partial charge in [-0.15, -0.1) is 0 Å². The summed E-state index contributed by atoms with van der Waals surface area (Å²) in [5.41, 5.74) is 10.4. The molecule has 0 unspecified atom stereocenters. The van der Waals surface area contributed by atoms with Gasteiger partial charge in [0.25, 0.3) is 0 Å². The highest BCUT2D eigenvalue weighted by molar-refractivity contribution is 6.32. The molecule has 0 atom stereocenters. The van der Waals surface area contributed by atoms with Crippen molar-refractivity contribution in [3.05, 3.63) is 63.7 Å². The lowest BCUT2D eigenvalue weighted by Crippen LogP contribution is -2.03. The van der Waals surface area contributed by atoms with E-state index in [0.717, 1.165) is 17.7 Å². The summed E-state index contributed by atoms with van der Waals surface area (Å²) >= 11 is 6.25. The number of hydrogen-bond donors (Lipinski definition) is 1. The molecule has 0 spiro atoms. The summed E-state index contributed by atoms with van der Waals surface area (Å²) < 4.78 is 5.85. The summed E-state index contributed by atoms with van der Waals surface area (Å²) in [6, 6.07) is 12.1. The quantitative estimate of drug-likeness (QED) is 0.902. The van der Waals surface area contributed by atoms with Crippen LogP contribution in [0.1, 0.15) is 22.3 Å². The first-order chi connectivity index (χ1) is 9.61. The Morgan fingerprint density at radius 3 is 2.40 bits per heavy atom. The number of aryl methyl sites for hydroxylation is 2. The van der Waals surface area contributed by atoms with Crippen LogP contribution in [0.15, 0.2) is 36.4 Å². The van der Waals surface area contributed by atoms with Crippen LogP contribution in [-0.2, 0) is 13.0 Å². The average molecular weight is 290 g/mol. The monoisotopic (exact) mass is 289 g/mol. The third-order valence-electron chi connectivity index (χ3n) is 3.45. The molecule has 0 aliphatic rings. The number of hydrogen-bond acceptors (Lipinski definition) is 2. The highest BCUT2D eigenvalue weighted by atomic mass is 35.5. The summed E-state index contributed by atoms with van der Waals surface area (Å²) in [6.07, 6.45) is 0.830. The lowest BCUT2D eigenvalue weighted by molar-refractivity contribution is 0.304. The molecule has 2 aromatic rings. The molecule has 3 heteroatoms. The lowest BCUT2D eigenvalue weighted by atomic mass is 10.0. The first-order valence-electron chi connectivity index (χ1n) is 6.78. The van der Waals surface area contributed by atoms with E-state index in [1.807, 2.05) is 18.2 Å². The molecular formula is C17H20ClNO. The molecular weight excluding hydrogens is 270 g/mol. The predicted octanol–water partition coefficient (Wildman–Crippen LogP) is 4.04. The number of halogens is 1. The minimum atomic E-state index is 0.536. The van der Waals surface area contributed by atoms with Crippen LogP contribution in [0.25, 0.3) is 0 Å². The van der Waals surface area contributed by atoms with Crippen molar-refractivity contribution in [2.24, 2.45) is 5.73 Å². The normalized spacial score (nSPS) is 10.6. The van der Waals surface area contributed by atoms with Gasteiger partial charge in [-0.2, -0.15) is 0 Å². The van der Waals surface area contributed by atoms with E-state index >= 15 is 0 Å². The smallest absolute Gasteiger partial charge is 0.138 e. The average Bonchev–Trinajstić information content (AvgIpc) is 2.40. The Bertz CT molecular complexity index is 575.